The van der Waals surface area contributed by atoms with Crippen molar-refractivity contribution in [3.8, 4) is 0 Å². The molecular weight excluding hydrogens is 304 g/mol. The highest BCUT2D eigenvalue weighted by atomic mass is 32.2. The number of aliphatic carboxylic acids is 1. The number of fused-ring (bicyclic) bond motifs is 1. The molecule has 4 rings (SSSR count). The van der Waals surface area contributed by atoms with Crippen molar-refractivity contribution in [3.63, 3.8) is 0 Å². The van der Waals surface area contributed by atoms with Crippen molar-refractivity contribution in [2.24, 2.45) is 0 Å². The molecule has 4 fully saturated rings. The van der Waals surface area contributed by atoms with E-state index in [2.05, 4.69) is 0 Å². The van der Waals surface area contributed by atoms with E-state index in [0.29, 0.717) is 24.5 Å². The van der Waals surface area contributed by atoms with Crippen LogP contribution in [0.4, 0.5) is 0 Å². The van der Waals surface area contributed by atoms with Crippen molar-refractivity contribution >= 4 is 29.5 Å². The summed E-state index contributed by atoms with van der Waals surface area (Å²) >= 11 is 1.49. The Kier molecular flexibility index (Phi) is 2.89. The molecule has 1 N–H and O–H groups in total. The second-order valence-corrected chi connectivity index (χ2v) is 8.31. The summed E-state index contributed by atoms with van der Waals surface area (Å²) in [4.78, 5) is 39.2. The molecule has 0 radical (unpaired) electrons. The molecule has 0 aromatic heterocycles. The van der Waals surface area contributed by atoms with Gasteiger partial charge in [-0.1, -0.05) is 6.08 Å². The topological polar surface area (TPSA) is 77.9 Å². The Morgan fingerprint density at radius 1 is 1.41 bits per heavy atom. The first kappa shape index (κ1) is 14.1. The van der Waals surface area contributed by atoms with Crippen molar-refractivity contribution in [3.05, 3.63) is 11.6 Å². The van der Waals surface area contributed by atoms with Crippen LogP contribution >= 0.6 is 11.8 Å². The van der Waals surface area contributed by atoms with Gasteiger partial charge in [0.2, 0.25) is 11.8 Å². The molecule has 2 amide bonds. The average molecular weight is 322 g/mol. The maximum Gasteiger partial charge on any atom is 0.328 e. The van der Waals surface area contributed by atoms with Crippen molar-refractivity contribution in [1.29, 1.82) is 0 Å². The predicted octanol–water partition coefficient (Wildman–Crippen LogP) is 0.825. The number of rotatable bonds is 3. The van der Waals surface area contributed by atoms with Crippen LogP contribution in [-0.2, 0) is 14.4 Å². The third-order valence-corrected chi connectivity index (χ3v) is 6.51. The molecule has 0 aromatic carbocycles. The standard InChI is InChI=1S/C15H18N2O4S/c1-15(7-8-4-5-16(13(8)19)9-2-3-9)12(14(20)21)17-10(18)6-11(17)22-15/h7,9,11-12H,2-6H2,1H3,(H,20,21)/b8-7+/t11-,12+,15+/m1/s1. The first-order valence-electron chi connectivity index (χ1n) is 7.65. The predicted molar refractivity (Wildman–Crippen MR) is 80.1 cm³/mol. The van der Waals surface area contributed by atoms with Gasteiger partial charge in [-0.3, -0.25) is 9.59 Å². The Hall–Kier alpha value is -1.50. The van der Waals surface area contributed by atoms with Gasteiger partial charge in [-0.25, -0.2) is 4.79 Å². The minimum absolute atomic E-state index is 0.0500. The molecule has 3 saturated heterocycles. The van der Waals surface area contributed by atoms with Gasteiger partial charge >= 0.3 is 5.97 Å². The summed E-state index contributed by atoms with van der Waals surface area (Å²) < 4.78 is -0.729. The summed E-state index contributed by atoms with van der Waals surface area (Å²) in [6, 6.07) is -0.488. The highest BCUT2D eigenvalue weighted by Crippen LogP contribution is 2.52. The molecule has 22 heavy (non-hydrogen) atoms. The number of carbonyl (C=O) groups excluding carboxylic acids is 2. The number of β-lactam (4-membered cyclic amide) rings is 1. The minimum atomic E-state index is -0.994. The smallest absolute Gasteiger partial charge is 0.328 e. The summed E-state index contributed by atoms with van der Waals surface area (Å²) in [5, 5.41) is 9.48. The number of nitrogens with zero attached hydrogens (tertiary/aromatic N) is 2. The second-order valence-electron chi connectivity index (χ2n) is 6.65. The van der Waals surface area contributed by atoms with Crippen LogP contribution < -0.4 is 0 Å². The van der Waals surface area contributed by atoms with Gasteiger partial charge in [0.25, 0.3) is 0 Å². The number of thioether (sulfide) groups is 1. The van der Waals surface area contributed by atoms with E-state index in [1.165, 1.54) is 16.7 Å². The second kappa shape index (κ2) is 4.50. The monoisotopic (exact) mass is 322 g/mol. The lowest BCUT2D eigenvalue weighted by Crippen LogP contribution is -2.57. The lowest BCUT2D eigenvalue weighted by atomic mass is 9.94. The summed E-state index contributed by atoms with van der Waals surface area (Å²) in [6.45, 7) is 2.57. The average Bonchev–Trinajstić information content (AvgIpc) is 3.17. The molecule has 1 saturated carbocycles. The van der Waals surface area contributed by atoms with Gasteiger partial charge in [0.1, 0.15) is 6.04 Å². The highest BCUT2D eigenvalue weighted by molar-refractivity contribution is 8.01. The Morgan fingerprint density at radius 3 is 2.73 bits per heavy atom. The molecule has 118 valence electrons. The van der Waals surface area contributed by atoms with Gasteiger partial charge in [0, 0.05) is 18.2 Å². The van der Waals surface area contributed by atoms with E-state index >= 15 is 0 Å². The molecule has 3 atom stereocenters. The Balaban J connectivity index is 1.63. The van der Waals surface area contributed by atoms with Gasteiger partial charge in [0.15, 0.2) is 0 Å². The zero-order valence-corrected chi connectivity index (χ0v) is 13.1. The molecule has 0 aromatic rings. The van der Waals surface area contributed by atoms with E-state index in [1.807, 2.05) is 17.9 Å². The normalized spacial score (nSPS) is 39.4. The minimum Gasteiger partial charge on any atom is -0.480 e. The Bertz CT molecular complexity index is 615. The van der Waals surface area contributed by atoms with E-state index in [9.17, 15) is 19.5 Å². The summed E-state index contributed by atoms with van der Waals surface area (Å²) in [5.74, 6) is -1.05. The molecule has 0 spiro atoms. The molecule has 0 unspecified atom stereocenters. The number of hydrogen-bond donors (Lipinski definition) is 1. The van der Waals surface area contributed by atoms with Crippen molar-refractivity contribution < 1.29 is 19.5 Å². The molecule has 3 aliphatic heterocycles. The van der Waals surface area contributed by atoms with Crippen LogP contribution in [0.15, 0.2) is 11.6 Å². The lowest BCUT2D eigenvalue weighted by Gasteiger charge is -2.36. The van der Waals surface area contributed by atoms with E-state index < -0.39 is 16.8 Å². The fraction of sp³-hybridized carbons (Fsp3) is 0.667. The Morgan fingerprint density at radius 2 is 2.14 bits per heavy atom. The summed E-state index contributed by atoms with van der Waals surface area (Å²) in [6.07, 6.45) is 5.05. The first-order valence-corrected chi connectivity index (χ1v) is 8.53. The largest absolute Gasteiger partial charge is 0.480 e. The number of carboxylic acids is 1. The van der Waals surface area contributed by atoms with Crippen LogP contribution in [0.25, 0.3) is 0 Å². The van der Waals surface area contributed by atoms with Crippen LogP contribution in [0.1, 0.15) is 32.6 Å². The van der Waals surface area contributed by atoms with Gasteiger partial charge in [0.05, 0.1) is 16.5 Å². The van der Waals surface area contributed by atoms with Gasteiger partial charge in [-0.2, -0.15) is 0 Å². The van der Waals surface area contributed by atoms with E-state index in [4.69, 9.17) is 0 Å². The fourth-order valence-electron chi connectivity index (χ4n) is 3.77. The van der Waals surface area contributed by atoms with Crippen LogP contribution in [0.5, 0.6) is 0 Å². The van der Waals surface area contributed by atoms with Crippen molar-refractivity contribution in [1.82, 2.24) is 9.80 Å². The zero-order valence-electron chi connectivity index (χ0n) is 12.3. The molecular formula is C15H18N2O4S. The van der Waals surface area contributed by atoms with Gasteiger partial charge in [-0.15, -0.1) is 11.8 Å². The maximum absolute atomic E-state index is 12.5. The van der Waals surface area contributed by atoms with E-state index in [-0.39, 0.29) is 17.2 Å². The number of amides is 2. The number of carboxylic acid groups (broad SMARTS) is 1. The van der Waals surface area contributed by atoms with Crippen molar-refractivity contribution in [2.75, 3.05) is 6.54 Å². The quantitative estimate of drug-likeness (QED) is 0.615. The van der Waals surface area contributed by atoms with Crippen LogP contribution in [0.2, 0.25) is 0 Å². The summed E-state index contributed by atoms with van der Waals surface area (Å²) in [7, 11) is 0. The third kappa shape index (κ3) is 1.91. The third-order valence-electron chi connectivity index (χ3n) is 5.00. The van der Waals surface area contributed by atoms with Crippen LogP contribution in [-0.4, -0.2) is 61.4 Å². The van der Waals surface area contributed by atoms with Gasteiger partial charge in [-0.05, 0) is 26.2 Å². The van der Waals surface area contributed by atoms with Crippen LogP contribution in [0, 0.1) is 0 Å². The Labute approximate surface area is 132 Å². The molecule has 0 bridgehead atoms. The molecule has 3 heterocycles. The molecule has 7 heteroatoms. The molecule has 1 aliphatic carbocycles. The number of carbonyl (C=O) groups is 3. The number of likely N-dealkylation sites (tertiary alicyclic amines) is 1. The highest BCUT2D eigenvalue weighted by Gasteiger charge is 2.60. The van der Waals surface area contributed by atoms with Crippen LogP contribution in [0.3, 0.4) is 0 Å². The lowest BCUT2D eigenvalue weighted by molar-refractivity contribution is -0.156. The van der Waals surface area contributed by atoms with E-state index in [1.54, 1.807) is 0 Å². The fourth-order valence-corrected chi connectivity index (χ4v) is 5.49. The zero-order chi connectivity index (χ0) is 15.6. The van der Waals surface area contributed by atoms with Crippen molar-refractivity contribution in [2.45, 2.75) is 54.8 Å². The van der Waals surface area contributed by atoms with Gasteiger partial charge < -0.3 is 14.9 Å². The SMILES string of the molecule is C[C@@]1(/C=C2\CCN(C3CC3)C2=O)S[C@@H]2CC(=O)N2[C@H]1C(=O)O. The number of hydrogen-bond acceptors (Lipinski definition) is 4. The summed E-state index contributed by atoms with van der Waals surface area (Å²) in [5.41, 5.74) is 0.711. The molecule has 6 nitrogen and oxygen atoms in total. The maximum atomic E-state index is 12.5. The first-order chi connectivity index (χ1) is 10.4. The van der Waals surface area contributed by atoms with E-state index in [0.717, 1.165) is 19.4 Å². The molecule has 4 aliphatic rings.